The molecule has 0 aromatic heterocycles. The van der Waals surface area contributed by atoms with E-state index in [-0.39, 0.29) is 5.91 Å². The van der Waals surface area contributed by atoms with Crippen LogP contribution in [0, 0.1) is 0 Å². The molecular formula is C17H11Br2NO2S2. The number of nitrogens with one attached hydrogen (secondary N) is 1. The summed E-state index contributed by atoms with van der Waals surface area (Å²) in [5, 5.41) is 2.61. The van der Waals surface area contributed by atoms with E-state index in [2.05, 4.69) is 37.2 Å². The van der Waals surface area contributed by atoms with E-state index in [0.29, 0.717) is 21.6 Å². The Morgan fingerprint density at radius 2 is 2.00 bits per heavy atom. The van der Waals surface area contributed by atoms with Crippen molar-refractivity contribution in [1.29, 1.82) is 0 Å². The van der Waals surface area contributed by atoms with Gasteiger partial charge in [-0.3, -0.25) is 4.79 Å². The first-order valence-corrected chi connectivity index (χ1v) is 9.74. The van der Waals surface area contributed by atoms with E-state index in [1.807, 2.05) is 42.5 Å². The molecule has 2 aromatic carbocycles. The second-order valence-corrected chi connectivity index (χ2v) is 8.40. The Morgan fingerprint density at radius 1 is 1.21 bits per heavy atom. The fourth-order valence-electron chi connectivity index (χ4n) is 2.10. The fraction of sp³-hybridized carbons (Fsp3) is 0.0588. The SMILES string of the molecule is O=C1NC(=S)S/C1=C/c1cc(Br)ccc1OCc1ccccc1Br. The lowest BCUT2D eigenvalue weighted by atomic mass is 10.2. The molecule has 1 aliphatic rings. The van der Waals surface area contributed by atoms with Crippen LogP contribution in [0.3, 0.4) is 0 Å². The van der Waals surface area contributed by atoms with Crippen molar-refractivity contribution in [2.75, 3.05) is 0 Å². The molecular weight excluding hydrogens is 474 g/mol. The lowest BCUT2D eigenvalue weighted by molar-refractivity contribution is -0.115. The van der Waals surface area contributed by atoms with Gasteiger partial charge in [-0.05, 0) is 30.3 Å². The summed E-state index contributed by atoms with van der Waals surface area (Å²) in [7, 11) is 0. The van der Waals surface area contributed by atoms with Gasteiger partial charge in [0.15, 0.2) is 0 Å². The molecule has 0 aliphatic carbocycles. The summed E-state index contributed by atoms with van der Waals surface area (Å²) in [5.74, 6) is 0.523. The summed E-state index contributed by atoms with van der Waals surface area (Å²) in [6, 6.07) is 13.6. The topological polar surface area (TPSA) is 38.3 Å². The van der Waals surface area contributed by atoms with Gasteiger partial charge >= 0.3 is 0 Å². The Bertz CT molecular complexity index is 852. The molecule has 1 aliphatic heterocycles. The van der Waals surface area contributed by atoms with Crippen molar-refractivity contribution in [2.45, 2.75) is 6.61 Å². The van der Waals surface area contributed by atoms with Crippen LogP contribution in [0.2, 0.25) is 0 Å². The molecule has 0 spiro atoms. The smallest absolute Gasteiger partial charge is 0.263 e. The van der Waals surface area contributed by atoms with E-state index in [1.165, 1.54) is 11.8 Å². The van der Waals surface area contributed by atoms with Crippen molar-refractivity contribution in [3.8, 4) is 5.75 Å². The molecule has 7 heteroatoms. The van der Waals surface area contributed by atoms with Crippen LogP contribution in [0.4, 0.5) is 0 Å². The van der Waals surface area contributed by atoms with E-state index in [0.717, 1.165) is 20.1 Å². The molecule has 24 heavy (non-hydrogen) atoms. The first-order valence-electron chi connectivity index (χ1n) is 6.93. The third kappa shape index (κ3) is 4.27. The van der Waals surface area contributed by atoms with Crippen molar-refractivity contribution >= 4 is 72.1 Å². The summed E-state index contributed by atoms with van der Waals surface area (Å²) in [5.41, 5.74) is 1.87. The maximum Gasteiger partial charge on any atom is 0.263 e. The minimum absolute atomic E-state index is 0.179. The van der Waals surface area contributed by atoms with Crippen molar-refractivity contribution in [1.82, 2.24) is 5.32 Å². The Balaban J connectivity index is 1.86. The highest BCUT2D eigenvalue weighted by Crippen LogP contribution is 2.31. The monoisotopic (exact) mass is 483 g/mol. The van der Waals surface area contributed by atoms with Crippen LogP contribution in [0.25, 0.3) is 6.08 Å². The molecule has 3 nitrogen and oxygen atoms in total. The lowest BCUT2D eigenvalue weighted by Gasteiger charge is -2.11. The minimum atomic E-state index is -0.179. The number of amides is 1. The summed E-state index contributed by atoms with van der Waals surface area (Å²) in [6.45, 7) is 0.428. The third-order valence-corrected chi connectivity index (χ3v) is 5.67. The van der Waals surface area contributed by atoms with E-state index < -0.39 is 0 Å². The zero-order valence-electron chi connectivity index (χ0n) is 12.2. The van der Waals surface area contributed by atoms with Crippen LogP contribution in [0.15, 0.2) is 56.3 Å². The molecule has 2 aromatic rings. The van der Waals surface area contributed by atoms with Crippen LogP contribution in [-0.4, -0.2) is 10.2 Å². The third-order valence-electron chi connectivity index (χ3n) is 3.24. The minimum Gasteiger partial charge on any atom is -0.488 e. The predicted octanol–water partition coefficient (Wildman–Crippen LogP) is 5.28. The number of hydrogen-bond acceptors (Lipinski definition) is 4. The largest absolute Gasteiger partial charge is 0.488 e. The Hall–Kier alpha value is -1.15. The van der Waals surface area contributed by atoms with E-state index in [9.17, 15) is 4.79 Å². The van der Waals surface area contributed by atoms with Crippen LogP contribution in [-0.2, 0) is 11.4 Å². The second-order valence-electron chi connectivity index (χ2n) is 4.91. The quantitative estimate of drug-likeness (QED) is 0.473. The van der Waals surface area contributed by atoms with Crippen molar-refractivity contribution < 1.29 is 9.53 Å². The molecule has 3 rings (SSSR count). The number of benzene rings is 2. The molecule has 0 radical (unpaired) electrons. The predicted molar refractivity (Wildman–Crippen MR) is 109 cm³/mol. The molecule has 0 unspecified atom stereocenters. The van der Waals surface area contributed by atoms with Gasteiger partial charge in [-0.15, -0.1) is 0 Å². The highest BCUT2D eigenvalue weighted by atomic mass is 79.9. The number of carbonyl (C=O) groups is 1. The molecule has 0 bridgehead atoms. The summed E-state index contributed by atoms with van der Waals surface area (Å²) in [6.07, 6.45) is 1.79. The number of rotatable bonds is 4. The van der Waals surface area contributed by atoms with Gasteiger partial charge in [0, 0.05) is 20.1 Å². The maximum absolute atomic E-state index is 11.9. The van der Waals surface area contributed by atoms with Crippen molar-refractivity contribution in [2.24, 2.45) is 0 Å². The molecule has 1 N–H and O–H groups in total. The first-order chi connectivity index (χ1) is 11.5. The molecule has 0 atom stereocenters. The number of ether oxygens (including phenoxy) is 1. The Kier molecular flexibility index (Phi) is 5.76. The highest BCUT2D eigenvalue weighted by Gasteiger charge is 2.22. The molecule has 1 heterocycles. The zero-order valence-corrected chi connectivity index (χ0v) is 17.0. The number of hydrogen-bond donors (Lipinski definition) is 1. The van der Waals surface area contributed by atoms with Crippen LogP contribution in [0.1, 0.15) is 11.1 Å². The highest BCUT2D eigenvalue weighted by molar-refractivity contribution is 9.10. The summed E-state index contributed by atoms with van der Waals surface area (Å²) in [4.78, 5) is 12.4. The van der Waals surface area contributed by atoms with Gasteiger partial charge in [0.05, 0.1) is 4.91 Å². The number of thioether (sulfide) groups is 1. The van der Waals surface area contributed by atoms with E-state index in [1.54, 1.807) is 6.08 Å². The van der Waals surface area contributed by atoms with Gasteiger partial charge in [0.25, 0.3) is 5.91 Å². The van der Waals surface area contributed by atoms with Gasteiger partial charge in [0.2, 0.25) is 0 Å². The van der Waals surface area contributed by atoms with E-state index in [4.69, 9.17) is 17.0 Å². The number of carbonyl (C=O) groups excluding carboxylic acids is 1. The molecule has 1 fully saturated rings. The van der Waals surface area contributed by atoms with Crippen LogP contribution in [0.5, 0.6) is 5.75 Å². The Morgan fingerprint density at radius 3 is 2.71 bits per heavy atom. The van der Waals surface area contributed by atoms with Crippen molar-refractivity contribution in [3.05, 3.63) is 67.4 Å². The number of thiocarbonyl (C=S) groups is 1. The van der Waals surface area contributed by atoms with E-state index >= 15 is 0 Å². The average molecular weight is 485 g/mol. The Labute approximate surface area is 166 Å². The number of halogens is 2. The van der Waals surface area contributed by atoms with Gasteiger partial charge in [-0.2, -0.15) is 0 Å². The normalized spacial score (nSPS) is 15.7. The van der Waals surface area contributed by atoms with Gasteiger partial charge < -0.3 is 10.1 Å². The van der Waals surface area contributed by atoms with Crippen LogP contribution < -0.4 is 10.1 Å². The molecule has 0 saturated carbocycles. The summed E-state index contributed by atoms with van der Waals surface area (Å²) >= 11 is 13.2. The second kappa shape index (κ2) is 7.82. The first kappa shape index (κ1) is 17.7. The van der Waals surface area contributed by atoms with Gasteiger partial charge in [0.1, 0.15) is 16.7 Å². The standard InChI is InChI=1S/C17H11Br2NO2S2/c18-12-5-6-14(22-9-10-3-1-2-4-13(10)19)11(7-12)8-15-16(21)20-17(23)24-15/h1-8H,9H2,(H,20,21,23)/b15-8+. The van der Waals surface area contributed by atoms with Gasteiger partial charge in [-0.25, -0.2) is 0 Å². The zero-order chi connectivity index (χ0) is 17.1. The van der Waals surface area contributed by atoms with Crippen molar-refractivity contribution in [3.63, 3.8) is 0 Å². The maximum atomic E-state index is 11.9. The molecule has 1 amide bonds. The lowest BCUT2D eigenvalue weighted by Crippen LogP contribution is -2.17. The van der Waals surface area contributed by atoms with Gasteiger partial charge in [-0.1, -0.05) is 74.0 Å². The molecule has 122 valence electrons. The average Bonchev–Trinajstić information content (AvgIpc) is 2.85. The molecule has 1 saturated heterocycles. The summed E-state index contributed by atoms with van der Waals surface area (Å²) < 4.78 is 8.34. The van der Waals surface area contributed by atoms with Crippen LogP contribution >= 0.6 is 55.8 Å². The fourth-order valence-corrected chi connectivity index (χ4v) is 3.91.